The lowest BCUT2D eigenvalue weighted by molar-refractivity contribution is -0.136. The fourth-order valence-electron chi connectivity index (χ4n) is 0.564. The van der Waals surface area contributed by atoms with Gasteiger partial charge in [0.2, 0.25) is 0 Å². The summed E-state index contributed by atoms with van der Waals surface area (Å²) in [4.78, 5) is 39.9. The minimum atomic E-state index is -1.17. The van der Waals surface area contributed by atoms with Crippen LogP contribution in [-0.4, -0.2) is 36.0 Å². The van der Waals surface area contributed by atoms with Gasteiger partial charge in [-0.3, -0.25) is 14.9 Å². The van der Waals surface area contributed by atoms with E-state index in [4.69, 9.17) is 5.11 Å². The maximum absolute atomic E-state index is 10.1. The maximum atomic E-state index is 10.1. The van der Waals surface area contributed by atoms with Crippen LogP contribution in [0.3, 0.4) is 0 Å². The second kappa shape index (κ2) is 6.93. The Morgan fingerprint density at radius 1 is 1.25 bits per heavy atom. The number of hydrogen-bond donors (Lipinski definition) is 2. The van der Waals surface area contributed by atoms with Gasteiger partial charge in [0.1, 0.15) is 0 Å². The molecule has 0 bridgehead atoms. The van der Waals surface area contributed by atoms with Gasteiger partial charge in [-0.2, -0.15) is 0 Å². The Bertz CT molecular complexity index is 352. The number of ether oxygens (including phenoxy) is 1. The van der Waals surface area contributed by atoms with Crippen molar-refractivity contribution in [3.05, 3.63) is 24.3 Å². The molecule has 16 heavy (non-hydrogen) atoms. The van der Waals surface area contributed by atoms with Gasteiger partial charge < -0.3 is 9.84 Å². The van der Waals surface area contributed by atoms with Crippen molar-refractivity contribution in [2.24, 2.45) is 0 Å². The van der Waals surface area contributed by atoms with Gasteiger partial charge in [0.05, 0.1) is 7.11 Å². The van der Waals surface area contributed by atoms with Crippen LogP contribution in [0.1, 0.15) is 0 Å². The van der Waals surface area contributed by atoms with E-state index in [9.17, 15) is 19.2 Å². The van der Waals surface area contributed by atoms with Gasteiger partial charge in [-0.05, 0) is 0 Å². The highest BCUT2D eigenvalue weighted by atomic mass is 16.5. The van der Waals surface area contributed by atoms with Crippen molar-refractivity contribution in [1.82, 2.24) is 5.32 Å². The zero-order valence-electron chi connectivity index (χ0n) is 8.30. The minimum Gasteiger partial charge on any atom is -0.478 e. The number of methoxy groups -OCH3 is 1. The molecule has 1 rings (SSSR count). The van der Waals surface area contributed by atoms with E-state index in [2.05, 4.69) is 4.74 Å². The molecular formula is C9H9NO6. The summed E-state index contributed by atoms with van der Waals surface area (Å²) in [7, 11) is 1.18. The smallest absolute Gasteiger partial charge is 0.330 e. The van der Waals surface area contributed by atoms with E-state index in [0.29, 0.717) is 6.08 Å². The molecule has 0 aliphatic carbocycles. The first-order valence-corrected chi connectivity index (χ1v) is 3.97. The standard InChI is InChI=1S/C5H6O4.C4H3NO2/c1-9-5(8)3-2-4(6)7;6-3-1-2-4(7)5-3/h2-3H,1H3,(H,6,7);1-2H,(H,5,6,7). The third kappa shape index (κ3) is 7.01. The molecule has 0 fully saturated rings. The molecule has 1 aliphatic heterocycles. The molecule has 0 atom stereocenters. The molecule has 0 saturated heterocycles. The molecule has 2 amide bonds. The van der Waals surface area contributed by atoms with Crippen molar-refractivity contribution in [1.29, 1.82) is 0 Å². The van der Waals surface area contributed by atoms with Gasteiger partial charge in [0.15, 0.2) is 0 Å². The number of nitrogens with one attached hydrogen (secondary N) is 1. The molecule has 1 aliphatic rings. The van der Waals surface area contributed by atoms with Crippen LogP contribution >= 0.6 is 0 Å². The van der Waals surface area contributed by atoms with Crippen molar-refractivity contribution in [3.8, 4) is 0 Å². The summed E-state index contributed by atoms with van der Waals surface area (Å²) < 4.78 is 4.11. The van der Waals surface area contributed by atoms with Crippen molar-refractivity contribution >= 4 is 23.8 Å². The summed E-state index contributed by atoms with van der Waals surface area (Å²) in [5.74, 6) is -2.49. The largest absolute Gasteiger partial charge is 0.478 e. The van der Waals surface area contributed by atoms with Crippen molar-refractivity contribution < 1.29 is 29.0 Å². The van der Waals surface area contributed by atoms with Crippen LogP contribution in [0.15, 0.2) is 24.3 Å². The third-order valence-electron chi connectivity index (χ3n) is 1.20. The van der Waals surface area contributed by atoms with E-state index >= 15 is 0 Å². The maximum Gasteiger partial charge on any atom is 0.330 e. The zero-order chi connectivity index (χ0) is 12.6. The molecule has 1 heterocycles. The second-order valence-corrected chi connectivity index (χ2v) is 2.38. The molecule has 0 aromatic carbocycles. The number of carbonyl (C=O) groups excluding carboxylic acids is 3. The molecule has 7 nitrogen and oxygen atoms in total. The number of hydrogen-bond acceptors (Lipinski definition) is 5. The molecular weight excluding hydrogens is 218 g/mol. The predicted octanol–water partition coefficient (Wildman–Crippen LogP) is -1.00. The Morgan fingerprint density at radius 2 is 1.75 bits per heavy atom. The highest BCUT2D eigenvalue weighted by Crippen LogP contribution is 1.82. The van der Waals surface area contributed by atoms with E-state index < -0.39 is 11.9 Å². The van der Waals surface area contributed by atoms with E-state index in [-0.39, 0.29) is 11.8 Å². The van der Waals surface area contributed by atoms with Crippen molar-refractivity contribution in [3.63, 3.8) is 0 Å². The number of rotatable bonds is 2. The normalized spacial score (nSPS) is 13.1. The molecule has 0 spiro atoms. The van der Waals surface area contributed by atoms with Gasteiger partial charge in [-0.15, -0.1) is 0 Å². The lowest BCUT2D eigenvalue weighted by atomic mass is 10.5. The lowest BCUT2D eigenvalue weighted by Crippen LogP contribution is -2.19. The first kappa shape index (κ1) is 13.6. The fourth-order valence-corrected chi connectivity index (χ4v) is 0.564. The minimum absolute atomic E-state index is 0.329. The number of carbonyl (C=O) groups is 4. The van der Waals surface area contributed by atoms with Gasteiger partial charge in [0, 0.05) is 24.3 Å². The summed E-state index contributed by atoms with van der Waals surface area (Å²) in [6.07, 6.45) is 3.94. The van der Waals surface area contributed by atoms with Crippen LogP contribution in [0.4, 0.5) is 0 Å². The highest BCUT2D eigenvalue weighted by Gasteiger charge is 2.06. The van der Waals surface area contributed by atoms with Gasteiger partial charge >= 0.3 is 11.9 Å². The molecule has 0 aromatic rings. The van der Waals surface area contributed by atoms with Gasteiger partial charge in [-0.25, -0.2) is 9.59 Å². The Kier molecular flexibility index (Phi) is 5.88. The van der Waals surface area contributed by atoms with E-state index in [1.807, 2.05) is 5.32 Å². The second-order valence-electron chi connectivity index (χ2n) is 2.38. The van der Waals surface area contributed by atoms with Crippen molar-refractivity contribution in [2.75, 3.05) is 7.11 Å². The molecule has 2 N–H and O–H groups in total. The van der Waals surface area contributed by atoms with E-state index in [1.54, 1.807) is 0 Å². The summed E-state index contributed by atoms with van der Waals surface area (Å²) in [6, 6.07) is 0. The number of imide groups is 1. The molecule has 0 radical (unpaired) electrons. The molecule has 0 saturated carbocycles. The Morgan fingerprint density at radius 3 is 2.00 bits per heavy atom. The molecule has 0 aromatic heterocycles. The first-order valence-electron chi connectivity index (χ1n) is 3.97. The SMILES string of the molecule is COC(=O)C=CC(=O)O.O=C1C=CC(=O)N1. The third-order valence-corrected chi connectivity index (χ3v) is 1.20. The van der Waals surface area contributed by atoms with Crippen LogP contribution in [0.25, 0.3) is 0 Å². The van der Waals surface area contributed by atoms with Gasteiger partial charge in [-0.1, -0.05) is 0 Å². The number of carboxylic acid groups (broad SMARTS) is 1. The Hall–Kier alpha value is -2.44. The molecule has 86 valence electrons. The monoisotopic (exact) mass is 227 g/mol. The van der Waals surface area contributed by atoms with E-state index in [1.165, 1.54) is 19.3 Å². The van der Waals surface area contributed by atoms with Crippen LogP contribution in [0.5, 0.6) is 0 Å². The fraction of sp³-hybridized carbons (Fsp3) is 0.111. The van der Waals surface area contributed by atoms with Crippen LogP contribution in [0, 0.1) is 0 Å². The zero-order valence-corrected chi connectivity index (χ0v) is 8.30. The quantitative estimate of drug-likeness (QED) is 0.355. The number of carboxylic acids is 1. The molecule has 7 heteroatoms. The molecule has 0 unspecified atom stereocenters. The van der Waals surface area contributed by atoms with Crippen LogP contribution < -0.4 is 5.32 Å². The number of aliphatic carboxylic acids is 1. The summed E-state index contributed by atoms with van der Waals surface area (Å²) >= 11 is 0. The van der Waals surface area contributed by atoms with Gasteiger partial charge in [0.25, 0.3) is 11.8 Å². The number of esters is 1. The Balaban J connectivity index is 0.000000288. The average molecular weight is 227 g/mol. The van der Waals surface area contributed by atoms with Crippen molar-refractivity contribution in [2.45, 2.75) is 0 Å². The highest BCUT2D eigenvalue weighted by molar-refractivity contribution is 6.12. The number of amides is 2. The Labute approximate surface area is 90.4 Å². The van der Waals surface area contributed by atoms with Crippen LogP contribution in [-0.2, 0) is 23.9 Å². The first-order chi connectivity index (χ1) is 7.45. The van der Waals surface area contributed by atoms with Crippen LogP contribution in [0.2, 0.25) is 0 Å². The summed E-state index contributed by atoms with van der Waals surface area (Å²) in [5.41, 5.74) is 0. The lowest BCUT2D eigenvalue weighted by Gasteiger charge is -1.85. The summed E-state index contributed by atoms with van der Waals surface area (Å²) in [5, 5.41) is 9.99. The van der Waals surface area contributed by atoms with E-state index in [0.717, 1.165) is 6.08 Å². The average Bonchev–Trinajstić information content (AvgIpc) is 2.59. The topological polar surface area (TPSA) is 110 Å². The summed E-state index contributed by atoms with van der Waals surface area (Å²) in [6.45, 7) is 0. The predicted molar refractivity (Wildman–Crippen MR) is 51.1 cm³/mol.